The van der Waals surface area contributed by atoms with Gasteiger partial charge in [-0.05, 0) is 50.8 Å². The Morgan fingerprint density at radius 2 is 1.36 bits per heavy atom. The number of benzene rings is 2. The van der Waals surface area contributed by atoms with Crippen molar-refractivity contribution >= 4 is 5.69 Å². The highest BCUT2D eigenvalue weighted by Gasteiger charge is 2.34. The molecule has 2 heterocycles. The topological polar surface area (TPSA) is 9.72 Å². The van der Waals surface area contributed by atoms with Crippen LogP contribution in [0.1, 0.15) is 37.8 Å². The number of hydrogen-bond acceptors (Lipinski definition) is 3. The van der Waals surface area contributed by atoms with Crippen LogP contribution in [0.15, 0.2) is 54.6 Å². The van der Waals surface area contributed by atoms with Gasteiger partial charge in [-0.3, -0.25) is 9.80 Å². The van der Waals surface area contributed by atoms with Crippen LogP contribution in [0.5, 0.6) is 0 Å². The first kappa shape index (κ1) is 19.5. The first-order valence-electron chi connectivity index (χ1n) is 10.9. The van der Waals surface area contributed by atoms with Gasteiger partial charge < -0.3 is 4.90 Å². The molecule has 2 aliphatic rings. The number of anilines is 1. The normalized spacial score (nSPS) is 20.5. The summed E-state index contributed by atoms with van der Waals surface area (Å²) in [5.74, 6) is 0. The number of rotatable bonds is 4. The van der Waals surface area contributed by atoms with Crippen LogP contribution in [0.3, 0.4) is 0 Å². The smallest absolute Gasteiger partial charge is 0.0404 e. The van der Waals surface area contributed by atoms with Crippen molar-refractivity contribution in [2.75, 3.05) is 44.2 Å². The van der Waals surface area contributed by atoms with Crippen LogP contribution in [-0.4, -0.2) is 55.1 Å². The number of para-hydroxylation sites is 1. The fourth-order valence-electron chi connectivity index (χ4n) is 5.06. The first-order chi connectivity index (χ1) is 13.6. The Hall–Kier alpha value is -1.84. The standard InChI is InChI=1S/C25H35N3/c1-21-9-7-8-12-24(21)27-19-17-26(18-20-27)23-13-15-28(16-14-23)25(2,3)22-10-5-4-6-11-22/h4-12,23H,13-20H2,1-3H3. The molecule has 0 atom stereocenters. The third-order valence-corrected chi connectivity index (χ3v) is 7.02. The van der Waals surface area contributed by atoms with Gasteiger partial charge in [0.15, 0.2) is 0 Å². The molecule has 4 rings (SSSR count). The van der Waals surface area contributed by atoms with E-state index in [1.807, 2.05) is 0 Å². The van der Waals surface area contributed by atoms with E-state index in [2.05, 4.69) is 90.1 Å². The maximum atomic E-state index is 2.75. The van der Waals surface area contributed by atoms with Gasteiger partial charge in [0, 0.05) is 56.5 Å². The van der Waals surface area contributed by atoms with Gasteiger partial charge in [-0.25, -0.2) is 0 Å². The molecule has 0 saturated carbocycles. The summed E-state index contributed by atoms with van der Waals surface area (Å²) in [6.07, 6.45) is 2.58. The molecular formula is C25H35N3. The van der Waals surface area contributed by atoms with Crippen molar-refractivity contribution in [3.8, 4) is 0 Å². The van der Waals surface area contributed by atoms with E-state index in [4.69, 9.17) is 0 Å². The minimum absolute atomic E-state index is 0.121. The molecule has 0 N–H and O–H groups in total. The number of piperazine rings is 1. The van der Waals surface area contributed by atoms with Crippen LogP contribution >= 0.6 is 0 Å². The second-order valence-electron chi connectivity index (χ2n) is 8.95. The van der Waals surface area contributed by atoms with E-state index in [9.17, 15) is 0 Å². The van der Waals surface area contributed by atoms with Crippen molar-refractivity contribution in [3.05, 3.63) is 65.7 Å². The molecule has 0 bridgehead atoms. The van der Waals surface area contributed by atoms with Gasteiger partial charge in [0.1, 0.15) is 0 Å². The first-order valence-corrected chi connectivity index (χ1v) is 10.9. The zero-order valence-electron chi connectivity index (χ0n) is 17.8. The quantitative estimate of drug-likeness (QED) is 0.776. The minimum atomic E-state index is 0.121. The molecule has 0 aliphatic carbocycles. The molecule has 0 amide bonds. The predicted octanol–water partition coefficient (Wildman–Crippen LogP) is 4.52. The number of nitrogens with zero attached hydrogens (tertiary/aromatic N) is 3. The second-order valence-corrected chi connectivity index (χ2v) is 8.95. The van der Waals surface area contributed by atoms with Crippen molar-refractivity contribution in [2.45, 2.75) is 45.2 Å². The molecule has 3 nitrogen and oxygen atoms in total. The van der Waals surface area contributed by atoms with E-state index >= 15 is 0 Å². The summed E-state index contributed by atoms with van der Waals surface area (Å²) < 4.78 is 0. The predicted molar refractivity (Wildman–Crippen MR) is 119 cm³/mol. The van der Waals surface area contributed by atoms with Crippen LogP contribution in [0.4, 0.5) is 5.69 Å². The van der Waals surface area contributed by atoms with Crippen LogP contribution in [0.2, 0.25) is 0 Å². The lowest BCUT2D eigenvalue weighted by atomic mass is 9.89. The van der Waals surface area contributed by atoms with E-state index < -0.39 is 0 Å². The lowest BCUT2D eigenvalue weighted by Gasteiger charge is -2.47. The molecular weight excluding hydrogens is 342 g/mol. The molecule has 3 heteroatoms. The van der Waals surface area contributed by atoms with Gasteiger partial charge in [-0.1, -0.05) is 48.5 Å². The van der Waals surface area contributed by atoms with Crippen molar-refractivity contribution < 1.29 is 0 Å². The van der Waals surface area contributed by atoms with Crippen molar-refractivity contribution in [1.82, 2.24) is 9.80 Å². The zero-order chi connectivity index (χ0) is 19.6. The summed E-state index contributed by atoms with van der Waals surface area (Å²) in [5, 5.41) is 0. The number of likely N-dealkylation sites (tertiary alicyclic amines) is 1. The van der Waals surface area contributed by atoms with Crippen LogP contribution in [0.25, 0.3) is 0 Å². The fraction of sp³-hybridized carbons (Fsp3) is 0.520. The highest BCUT2D eigenvalue weighted by molar-refractivity contribution is 5.53. The second kappa shape index (κ2) is 8.26. The highest BCUT2D eigenvalue weighted by Crippen LogP contribution is 2.32. The van der Waals surface area contributed by atoms with Gasteiger partial charge >= 0.3 is 0 Å². The number of piperidine rings is 1. The largest absolute Gasteiger partial charge is 0.369 e. The molecule has 150 valence electrons. The average Bonchev–Trinajstić information content (AvgIpc) is 2.75. The molecule has 2 fully saturated rings. The van der Waals surface area contributed by atoms with Crippen LogP contribution in [-0.2, 0) is 5.54 Å². The Morgan fingerprint density at radius 3 is 2.00 bits per heavy atom. The summed E-state index contributed by atoms with van der Waals surface area (Å²) >= 11 is 0. The summed E-state index contributed by atoms with van der Waals surface area (Å²) in [4.78, 5) is 8.00. The fourth-order valence-corrected chi connectivity index (χ4v) is 5.06. The molecule has 2 saturated heterocycles. The van der Waals surface area contributed by atoms with Crippen molar-refractivity contribution in [1.29, 1.82) is 0 Å². The summed E-state index contributed by atoms with van der Waals surface area (Å²) in [7, 11) is 0. The summed E-state index contributed by atoms with van der Waals surface area (Å²) in [6.45, 7) is 14.1. The maximum Gasteiger partial charge on any atom is 0.0404 e. The molecule has 0 radical (unpaired) electrons. The van der Waals surface area contributed by atoms with Gasteiger partial charge in [0.25, 0.3) is 0 Å². The van der Waals surface area contributed by atoms with E-state index in [0.29, 0.717) is 0 Å². The Balaban J connectivity index is 1.31. The zero-order valence-corrected chi connectivity index (χ0v) is 17.8. The highest BCUT2D eigenvalue weighted by atomic mass is 15.3. The van der Waals surface area contributed by atoms with E-state index in [-0.39, 0.29) is 5.54 Å². The molecule has 28 heavy (non-hydrogen) atoms. The molecule has 2 aliphatic heterocycles. The summed E-state index contributed by atoms with van der Waals surface area (Å²) in [5.41, 5.74) is 4.37. The van der Waals surface area contributed by atoms with Crippen molar-refractivity contribution in [2.24, 2.45) is 0 Å². The van der Waals surface area contributed by atoms with E-state index in [0.717, 1.165) is 19.1 Å². The SMILES string of the molecule is Cc1ccccc1N1CCN(C2CCN(C(C)(C)c3ccccc3)CC2)CC1. The van der Waals surface area contributed by atoms with Gasteiger partial charge in [-0.2, -0.15) is 0 Å². The molecule has 2 aromatic carbocycles. The lowest BCUT2D eigenvalue weighted by molar-refractivity contribution is 0.0443. The Morgan fingerprint density at radius 1 is 0.750 bits per heavy atom. The number of hydrogen-bond donors (Lipinski definition) is 0. The Labute approximate surface area is 171 Å². The minimum Gasteiger partial charge on any atom is -0.369 e. The summed E-state index contributed by atoms with van der Waals surface area (Å²) in [6, 6.07) is 20.5. The number of aryl methyl sites for hydroxylation is 1. The monoisotopic (exact) mass is 377 g/mol. The molecule has 0 unspecified atom stereocenters. The molecule has 2 aromatic rings. The maximum absolute atomic E-state index is 2.75. The van der Waals surface area contributed by atoms with Gasteiger partial charge in [0.2, 0.25) is 0 Å². The third-order valence-electron chi connectivity index (χ3n) is 7.02. The molecule has 0 aromatic heterocycles. The van der Waals surface area contributed by atoms with Gasteiger partial charge in [-0.15, -0.1) is 0 Å². The average molecular weight is 378 g/mol. The Kier molecular flexibility index (Phi) is 5.75. The van der Waals surface area contributed by atoms with Crippen LogP contribution in [0, 0.1) is 6.92 Å². The van der Waals surface area contributed by atoms with Gasteiger partial charge in [0.05, 0.1) is 0 Å². The Bertz CT molecular complexity index is 754. The van der Waals surface area contributed by atoms with E-state index in [1.54, 1.807) is 0 Å². The third kappa shape index (κ3) is 3.97. The van der Waals surface area contributed by atoms with Crippen molar-refractivity contribution in [3.63, 3.8) is 0 Å². The van der Waals surface area contributed by atoms with E-state index in [1.165, 1.54) is 55.8 Å². The lowest BCUT2D eigenvalue weighted by Crippen LogP contribution is -2.55. The van der Waals surface area contributed by atoms with Crippen LogP contribution < -0.4 is 4.90 Å². The molecule has 0 spiro atoms.